The molecule has 8 heteroatoms. The molecule has 0 aliphatic carbocycles. The van der Waals surface area contributed by atoms with Crippen LogP contribution in [0.1, 0.15) is 11.1 Å². The Bertz CT molecular complexity index is 470. The first-order valence-corrected chi connectivity index (χ1v) is 6.30. The van der Waals surface area contributed by atoms with Gasteiger partial charge in [-0.25, -0.2) is 8.78 Å². The van der Waals surface area contributed by atoms with Crippen LogP contribution in [-0.2, 0) is 11.3 Å². The van der Waals surface area contributed by atoms with Crippen LogP contribution in [0, 0.1) is 0 Å². The molecular formula is C13H19F2N3O3. The van der Waals surface area contributed by atoms with Crippen molar-refractivity contribution < 1.29 is 23.5 Å². The highest BCUT2D eigenvalue weighted by atomic mass is 19.3. The Labute approximate surface area is 121 Å². The molecule has 118 valence electrons. The third-order valence-electron chi connectivity index (χ3n) is 2.65. The fourth-order valence-electron chi connectivity index (χ4n) is 1.66. The number of nitrogens with zero attached hydrogens (tertiary/aromatic N) is 1. The monoisotopic (exact) mass is 303 g/mol. The lowest BCUT2D eigenvalue weighted by molar-refractivity contribution is 0.0187. The lowest BCUT2D eigenvalue weighted by Gasteiger charge is -2.10. The molecule has 0 spiro atoms. The van der Waals surface area contributed by atoms with Crippen molar-refractivity contribution in [3.63, 3.8) is 0 Å². The Morgan fingerprint density at radius 2 is 2.24 bits per heavy atom. The number of methoxy groups -OCH3 is 1. The van der Waals surface area contributed by atoms with E-state index in [9.17, 15) is 8.78 Å². The maximum Gasteiger partial charge on any atom is 0.261 e. The van der Waals surface area contributed by atoms with Crippen molar-refractivity contribution in [3.05, 3.63) is 29.3 Å². The molecule has 0 aliphatic rings. The van der Waals surface area contributed by atoms with Crippen molar-refractivity contribution in [2.45, 2.75) is 13.0 Å². The first-order chi connectivity index (χ1) is 10.1. The van der Waals surface area contributed by atoms with Crippen molar-refractivity contribution >= 4 is 5.84 Å². The summed E-state index contributed by atoms with van der Waals surface area (Å²) < 4.78 is 33.6. The lowest BCUT2D eigenvalue weighted by Crippen LogP contribution is -2.21. The molecule has 0 bridgehead atoms. The molecule has 0 fully saturated rings. The number of rotatable bonds is 9. The largest absolute Gasteiger partial charge is 0.496 e. The molecule has 0 unspecified atom stereocenters. The molecule has 0 aliphatic heterocycles. The quantitative estimate of drug-likeness (QED) is 0.209. The van der Waals surface area contributed by atoms with E-state index >= 15 is 0 Å². The summed E-state index contributed by atoms with van der Waals surface area (Å²) in [6, 6.07) is 5.22. The van der Waals surface area contributed by atoms with Crippen LogP contribution < -0.4 is 15.8 Å². The van der Waals surface area contributed by atoms with Gasteiger partial charge in [0.15, 0.2) is 5.84 Å². The number of halogens is 2. The van der Waals surface area contributed by atoms with Crippen LogP contribution >= 0.6 is 0 Å². The topological polar surface area (TPSA) is 89.1 Å². The van der Waals surface area contributed by atoms with Crippen molar-refractivity contribution in [1.82, 2.24) is 5.32 Å². The zero-order valence-corrected chi connectivity index (χ0v) is 11.7. The first-order valence-electron chi connectivity index (χ1n) is 6.30. The van der Waals surface area contributed by atoms with Gasteiger partial charge in [0.05, 0.1) is 19.3 Å². The standard InChI is InChI=1S/C13H19F2N3O3/c1-20-11-6-9(2-3-10(11)13(16)18-19)7-17-4-5-21-8-12(14)15/h2-3,6,12,17,19H,4-5,7-8H2,1H3,(H2,16,18). The maximum atomic E-state index is 11.8. The van der Waals surface area contributed by atoms with Gasteiger partial charge in [-0.2, -0.15) is 0 Å². The number of nitrogens with two attached hydrogens (primary N) is 1. The van der Waals surface area contributed by atoms with E-state index in [2.05, 4.69) is 10.5 Å². The zero-order chi connectivity index (χ0) is 15.7. The third kappa shape index (κ3) is 5.92. The van der Waals surface area contributed by atoms with Crippen molar-refractivity contribution in [2.75, 3.05) is 26.9 Å². The van der Waals surface area contributed by atoms with Crippen LogP contribution in [0.5, 0.6) is 5.75 Å². The van der Waals surface area contributed by atoms with E-state index in [1.165, 1.54) is 7.11 Å². The number of hydrogen-bond acceptors (Lipinski definition) is 5. The molecule has 1 aromatic rings. The average Bonchev–Trinajstić information content (AvgIpc) is 2.49. The summed E-state index contributed by atoms with van der Waals surface area (Å²) >= 11 is 0. The fraction of sp³-hybridized carbons (Fsp3) is 0.462. The predicted octanol–water partition coefficient (Wildman–Crippen LogP) is 1.16. The first kappa shape index (κ1) is 17.1. The van der Waals surface area contributed by atoms with Gasteiger partial charge >= 0.3 is 0 Å². The summed E-state index contributed by atoms with van der Waals surface area (Å²) in [5.41, 5.74) is 6.93. The van der Waals surface area contributed by atoms with Crippen molar-refractivity contribution in [2.24, 2.45) is 10.9 Å². The number of ether oxygens (including phenoxy) is 2. The number of alkyl halides is 2. The minimum Gasteiger partial charge on any atom is -0.496 e. The third-order valence-corrected chi connectivity index (χ3v) is 2.65. The highest BCUT2D eigenvalue weighted by Gasteiger charge is 2.08. The van der Waals surface area contributed by atoms with Crippen LogP contribution in [0.4, 0.5) is 8.78 Å². The number of nitrogens with one attached hydrogen (secondary N) is 1. The predicted molar refractivity (Wildman–Crippen MR) is 74.0 cm³/mol. The Morgan fingerprint density at radius 1 is 1.48 bits per heavy atom. The average molecular weight is 303 g/mol. The second kappa shape index (κ2) is 9.09. The normalized spacial score (nSPS) is 11.9. The summed E-state index contributed by atoms with van der Waals surface area (Å²) in [6.07, 6.45) is -2.44. The molecule has 21 heavy (non-hydrogen) atoms. The van der Waals surface area contributed by atoms with Gasteiger partial charge in [0, 0.05) is 13.1 Å². The molecule has 6 nitrogen and oxygen atoms in total. The second-order valence-electron chi connectivity index (χ2n) is 4.16. The molecule has 0 aromatic heterocycles. The molecule has 0 amide bonds. The van der Waals surface area contributed by atoms with Gasteiger partial charge in [0.25, 0.3) is 6.43 Å². The van der Waals surface area contributed by atoms with Crippen LogP contribution in [0.3, 0.4) is 0 Å². The molecule has 4 N–H and O–H groups in total. The highest BCUT2D eigenvalue weighted by molar-refractivity contribution is 5.99. The van der Waals surface area contributed by atoms with E-state index in [1.54, 1.807) is 18.2 Å². The van der Waals surface area contributed by atoms with Gasteiger partial charge in [0.2, 0.25) is 0 Å². The SMILES string of the molecule is COc1cc(CNCCOCC(F)F)ccc1/C(N)=N/O. The van der Waals surface area contributed by atoms with Gasteiger partial charge in [0.1, 0.15) is 12.4 Å². The van der Waals surface area contributed by atoms with Gasteiger partial charge in [-0.1, -0.05) is 11.2 Å². The Kier molecular flexibility index (Phi) is 7.41. The van der Waals surface area contributed by atoms with Crippen LogP contribution in [0.25, 0.3) is 0 Å². The molecule has 1 aromatic carbocycles. The minimum atomic E-state index is -2.44. The number of amidine groups is 1. The van der Waals surface area contributed by atoms with Crippen molar-refractivity contribution in [3.8, 4) is 5.75 Å². The smallest absolute Gasteiger partial charge is 0.261 e. The molecule has 0 saturated heterocycles. The van der Waals surface area contributed by atoms with Gasteiger partial charge in [-0.05, 0) is 17.7 Å². The Balaban J connectivity index is 2.46. The van der Waals surface area contributed by atoms with E-state index in [1.807, 2.05) is 0 Å². The highest BCUT2D eigenvalue weighted by Crippen LogP contribution is 2.19. The lowest BCUT2D eigenvalue weighted by atomic mass is 10.1. The van der Waals surface area contributed by atoms with Crippen LogP contribution in [0.2, 0.25) is 0 Å². The molecular weight excluding hydrogens is 284 g/mol. The number of benzene rings is 1. The summed E-state index contributed by atoms with van der Waals surface area (Å²) in [5.74, 6) is 0.449. The summed E-state index contributed by atoms with van der Waals surface area (Å²) in [6.45, 7) is 0.634. The summed E-state index contributed by atoms with van der Waals surface area (Å²) in [5, 5.41) is 14.6. The van der Waals surface area contributed by atoms with E-state index in [0.29, 0.717) is 24.4 Å². The van der Waals surface area contributed by atoms with Gasteiger partial charge < -0.3 is 25.7 Å². The Morgan fingerprint density at radius 3 is 2.86 bits per heavy atom. The molecule has 0 heterocycles. The summed E-state index contributed by atoms with van der Waals surface area (Å²) in [4.78, 5) is 0. The number of hydrogen-bond donors (Lipinski definition) is 3. The maximum absolute atomic E-state index is 11.8. The zero-order valence-electron chi connectivity index (χ0n) is 11.7. The molecule has 1 rings (SSSR count). The van der Waals surface area contributed by atoms with E-state index < -0.39 is 13.0 Å². The number of oxime groups is 1. The second-order valence-corrected chi connectivity index (χ2v) is 4.16. The molecule has 0 saturated carbocycles. The molecule has 0 radical (unpaired) electrons. The van der Waals surface area contributed by atoms with Gasteiger partial charge in [-0.15, -0.1) is 0 Å². The van der Waals surface area contributed by atoms with E-state index in [4.69, 9.17) is 20.4 Å². The van der Waals surface area contributed by atoms with Crippen molar-refractivity contribution in [1.29, 1.82) is 0 Å². The minimum absolute atomic E-state index is 0.0354. The Hall–Kier alpha value is -1.93. The van der Waals surface area contributed by atoms with Crippen LogP contribution in [-0.4, -0.2) is 44.3 Å². The van der Waals surface area contributed by atoms with E-state index in [0.717, 1.165) is 5.56 Å². The summed E-state index contributed by atoms with van der Waals surface area (Å²) in [7, 11) is 1.48. The van der Waals surface area contributed by atoms with E-state index in [-0.39, 0.29) is 12.4 Å². The molecule has 0 atom stereocenters. The van der Waals surface area contributed by atoms with Gasteiger partial charge in [-0.3, -0.25) is 0 Å². The fourth-order valence-corrected chi connectivity index (χ4v) is 1.66. The van der Waals surface area contributed by atoms with Crippen LogP contribution in [0.15, 0.2) is 23.4 Å².